The molecule has 0 bridgehead atoms. The van der Waals surface area contributed by atoms with E-state index in [1.165, 1.54) is 61.3 Å². The molecular formula is C22H23N3O7S. The molecule has 3 N–H and O–H groups in total. The van der Waals surface area contributed by atoms with Crippen LogP contribution in [0.1, 0.15) is 22.3 Å². The Morgan fingerprint density at radius 2 is 1.91 bits per heavy atom. The van der Waals surface area contributed by atoms with E-state index in [2.05, 4.69) is 10.6 Å². The Morgan fingerprint density at radius 3 is 2.48 bits per heavy atom. The van der Waals surface area contributed by atoms with Gasteiger partial charge >= 0.3 is 5.97 Å². The number of carboxylic acid groups (broad SMARTS) is 1. The number of rotatable bonds is 11. The number of carbonyl (C=O) groups is 3. The molecule has 0 spiro atoms. The molecule has 0 aliphatic carbocycles. The summed E-state index contributed by atoms with van der Waals surface area (Å²) in [5.74, 6) is -1.64. The molecule has 2 rings (SSSR count). The number of carboxylic acids is 1. The number of nitro groups is 1. The molecular weight excluding hydrogens is 450 g/mol. The van der Waals surface area contributed by atoms with Gasteiger partial charge in [-0.2, -0.15) is 11.8 Å². The standard InChI is InChI=1S/C22H23N3O7S/c1-32-17-8-6-15(7-9-17)20(26)24-19(13-14-4-3-5-16(12-14)25(30)31)21(27)23-18(22(28)29)10-11-33-2/h3-9,12-13,18H,10-11H2,1-2H3,(H,23,27)(H,24,26)(H,28,29). The average Bonchev–Trinajstić information content (AvgIpc) is 2.81. The molecule has 174 valence electrons. The Bertz CT molecular complexity index is 1050. The van der Waals surface area contributed by atoms with Crippen LogP contribution in [0.15, 0.2) is 54.2 Å². The van der Waals surface area contributed by atoms with Crippen LogP contribution < -0.4 is 15.4 Å². The second-order valence-electron chi connectivity index (χ2n) is 6.74. The monoisotopic (exact) mass is 473 g/mol. The molecule has 2 amide bonds. The number of nitro benzene ring substituents is 1. The van der Waals surface area contributed by atoms with Crippen molar-refractivity contribution in [3.8, 4) is 5.75 Å². The number of carbonyl (C=O) groups excluding carboxylic acids is 2. The molecule has 0 aliphatic rings. The number of ether oxygens (including phenoxy) is 1. The average molecular weight is 474 g/mol. The van der Waals surface area contributed by atoms with Crippen LogP contribution in [0.4, 0.5) is 5.69 Å². The maximum absolute atomic E-state index is 12.9. The van der Waals surface area contributed by atoms with E-state index in [1.807, 2.05) is 6.26 Å². The van der Waals surface area contributed by atoms with E-state index >= 15 is 0 Å². The molecule has 2 aromatic carbocycles. The largest absolute Gasteiger partial charge is 0.497 e. The van der Waals surface area contributed by atoms with E-state index < -0.39 is 28.7 Å². The summed E-state index contributed by atoms with van der Waals surface area (Å²) in [6.45, 7) is 0. The molecule has 0 radical (unpaired) electrons. The fourth-order valence-corrected chi connectivity index (χ4v) is 3.19. The fraction of sp³-hybridized carbons (Fsp3) is 0.227. The van der Waals surface area contributed by atoms with Gasteiger partial charge in [0, 0.05) is 17.7 Å². The summed E-state index contributed by atoms with van der Waals surface area (Å²) in [6.07, 6.45) is 3.24. The lowest BCUT2D eigenvalue weighted by atomic mass is 10.1. The molecule has 10 nitrogen and oxygen atoms in total. The SMILES string of the molecule is COc1ccc(C(=O)NC(=Cc2cccc([N+](=O)[O-])c2)C(=O)NC(CCSC)C(=O)O)cc1. The molecule has 1 unspecified atom stereocenters. The van der Waals surface area contributed by atoms with Crippen molar-refractivity contribution in [1.29, 1.82) is 0 Å². The summed E-state index contributed by atoms with van der Waals surface area (Å²) < 4.78 is 5.06. The van der Waals surface area contributed by atoms with Crippen molar-refractivity contribution in [3.05, 3.63) is 75.5 Å². The Morgan fingerprint density at radius 1 is 1.21 bits per heavy atom. The molecule has 0 aromatic heterocycles. The van der Waals surface area contributed by atoms with Crippen molar-refractivity contribution in [2.75, 3.05) is 19.1 Å². The summed E-state index contributed by atoms with van der Waals surface area (Å²) in [6, 6.07) is 10.4. The lowest BCUT2D eigenvalue weighted by Gasteiger charge is -2.16. The maximum Gasteiger partial charge on any atom is 0.326 e. The molecule has 0 fully saturated rings. The first-order valence-electron chi connectivity index (χ1n) is 9.69. The molecule has 33 heavy (non-hydrogen) atoms. The van der Waals surface area contributed by atoms with Crippen LogP contribution in [0.2, 0.25) is 0 Å². The predicted molar refractivity (Wildman–Crippen MR) is 124 cm³/mol. The lowest BCUT2D eigenvalue weighted by molar-refractivity contribution is -0.384. The summed E-state index contributed by atoms with van der Waals surface area (Å²) in [5, 5.41) is 25.3. The van der Waals surface area contributed by atoms with Gasteiger partial charge in [0.15, 0.2) is 0 Å². The quantitative estimate of drug-likeness (QED) is 0.256. The first-order valence-corrected chi connectivity index (χ1v) is 11.1. The van der Waals surface area contributed by atoms with E-state index in [-0.39, 0.29) is 28.9 Å². The van der Waals surface area contributed by atoms with Crippen molar-refractivity contribution in [1.82, 2.24) is 10.6 Å². The maximum atomic E-state index is 12.9. The highest BCUT2D eigenvalue weighted by atomic mass is 32.2. The van der Waals surface area contributed by atoms with Crippen LogP contribution in [-0.2, 0) is 9.59 Å². The molecule has 0 saturated carbocycles. The van der Waals surface area contributed by atoms with Crippen LogP contribution >= 0.6 is 11.8 Å². The van der Waals surface area contributed by atoms with Gasteiger partial charge in [-0.15, -0.1) is 0 Å². The number of benzene rings is 2. The minimum atomic E-state index is -1.21. The topological polar surface area (TPSA) is 148 Å². The third-order valence-corrected chi connectivity index (χ3v) is 5.10. The third-order valence-electron chi connectivity index (χ3n) is 4.45. The second-order valence-corrected chi connectivity index (χ2v) is 7.72. The van der Waals surface area contributed by atoms with Crippen molar-refractivity contribution in [2.24, 2.45) is 0 Å². The van der Waals surface area contributed by atoms with Crippen molar-refractivity contribution < 1.29 is 29.2 Å². The van der Waals surface area contributed by atoms with Crippen LogP contribution in [0, 0.1) is 10.1 Å². The van der Waals surface area contributed by atoms with Gasteiger partial charge in [-0.3, -0.25) is 19.7 Å². The van der Waals surface area contributed by atoms with Crippen molar-refractivity contribution in [2.45, 2.75) is 12.5 Å². The molecule has 11 heteroatoms. The van der Waals surface area contributed by atoms with E-state index in [0.29, 0.717) is 11.5 Å². The number of hydrogen-bond acceptors (Lipinski definition) is 7. The zero-order valence-electron chi connectivity index (χ0n) is 17.9. The summed E-state index contributed by atoms with van der Waals surface area (Å²) in [4.78, 5) is 47.6. The Labute approximate surface area is 194 Å². The highest BCUT2D eigenvalue weighted by molar-refractivity contribution is 7.98. The van der Waals surface area contributed by atoms with Gasteiger partial charge < -0.3 is 20.5 Å². The number of methoxy groups -OCH3 is 1. The Balaban J connectivity index is 2.36. The second kappa shape index (κ2) is 12.2. The van der Waals surface area contributed by atoms with Crippen molar-refractivity contribution in [3.63, 3.8) is 0 Å². The van der Waals surface area contributed by atoms with Gasteiger partial charge in [0.25, 0.3) is 17.5 Å². The molecule has 0 aliphatic heterocycles. The van der Waals surface area contributed by atoms with Crippen molar-refractivity contribution >= 4 is 41.3 Å². The minimum Gasteiger partial charge on any atom is -0.497 e. The molecule has 0 heterocycles. The van der Waals surface area contributed by atoms with E-state index in [1.54, 1.807) is 12.1 Å². The number of nitrogens with zero attached hydrogens (tertiary/aromatic N) is 1. The highest BCUT2D eigenvalue weighted by Crippen LogP contribution is 2.16. The molecule has 0 saturated heterocycles. The van der Waals surface area contributed by atoms with Gasteiger partial charge in [0.1, 0.15) is 17.5 Å². The third kappa shape index (κ3) is 7.65. The van der Waals surface area contributed by atoms with Gasteiger partial charge in [-0.1, -0.05) is 12.1 Å². The summed E-state index contributed by atoms with van der Waals surface area (Å²) >= 11 is 1.43. The lowest BCUT2D eigenvalue weighted by Crippen LogP contribution is -2.44. The molecule has 1 atom stereocenters. The van der Waals surface area contributed by atoms with E-state index in [0.717, 1.165) is 0 Å². The number of hydrogen-bond donors (Lipinski definition) is 3. The van der Waals surface area contributed by atoms with Crippen LogP contribution in [-0.4, -0.2) is 53.0 Å². The summed E-state index contributed by atoms with van der Waals surface area (Å²) in [5.41, 5.74) is 0.0474. The minimum absolute atomic E-state index is 0.179. The predicted octanol–water partition coefficient (Wildman–Crippen LogP) is 2.70. The number of aliphatic carboxylic acids is 1. The number of nitrogens with one attached hydrogen (secondary N) is 2. The normalized spacial score (nSPS) is 11.9. The van der Waals surface area contributed by atoms with Gasteiger partial charge in [0.2, 0.25) is 0 Å². The molecule has 2 aromatic rings. The number of amides is 2. The fourth-order valence-electron chi connectivity index (χ4n) is 2.72. The summed E-state index contributed by atoms with van der Waals surface area (Å²) in [7, 11) is 1.48. The number of non-ortho nitro benzene ring substituents is 1. The van der Waals surface area contributed by atoms with Crippen LogP contribution in [0.25, 0.3) is 6.08 Å². The Hall–Kier alpha value is -3.86. The van der Waals surface area contributed by atoms with Gasteiger partial charge in [-0.05, 0) is 54.3 Å². The van der Waals surface area contributed by atoms with E-state index in [4.69, 9.17) is 4.74 Å². The first kappa shape index (κ1) is 25.4. The van der Waals surface area contributed by atoms with Gasteiger partial charge in [0.05, 0.1) is 12.0 Å². The van der Waals surface area contributed by atoms with Gasteiger partial charge in [-0.25, -0.2) is 4.79 Å². The Kier molecular flexibility index (Phi) is 9.43. The zero-order chi connectivity index (χ0) is 24.4. The highest BCUT2D eigenvalue weighted by Gasteiger charge is 2.23. The first-order chi connectivity index (χ1) is 15.7. The number of thioether (sulfide) groups is 1. The van der Waals surface area contributed by atoms with Crippen LogP contribution in [0.5, 0.6) is 5.75 Å². The zero-order valence-corrected chi connectivity index (χ0v) is 18.8. The smallest absolute Gasteiger partial charge is 0.326 e. The van der Waals surface area contributed by atoms with E-state index in [9.17, 15) is 29.6 Å². The van der Waals surface area contributed by atoms with Crippen LogP contribution in [0.3, 0.4) is 0 Å².